The highest BCUT2D eigenvalue weighted by molar-refractivity contribution is 5.72. The molecule has 16 heavy (non-hydrogen) atoms. The van der Waals surface area contributed by atoms with Crippen molar-refractivity contribution in [1.29, 1.82) is 0 Å². The monoisotopic (exact) mass is 222 g/mol. The number of carboxylic acid groups (broad SMARTS) is 1. The lowest BCUT2D eigenvalue weighted by Gasteiger charge is -2.24. The van der Waals surface area contributed by atoms with Gasteiger partial charge in [0.2, 0.25) is 0 Å². The van der Waals surface area contributed by atoms with Crippen molar-refractivity contribution >= 4 is 11.7 Å². The van der Waals surface area contributed by atoms with Gasteiger partial charge in [0.25, 0.3) is 0 Å². The maximum atomic E-state index is 10.9. The molecule has 0 radical (unpaired) electrons. The quantitative estimate of drug-likeness (QED) is 0.742. The van der Waals surface area contributed by atoms with Crippen LogP contribution in [0.25, 0.3) is 0 Å². The molecule has 0 aliphatic heterocycles. The Bertz CT molecular complexity index is 366. The third kappa shape index (κ3) is 3.24. The average Bonchev–Trinajstić information content (AvgIpc) is 2.25. The minimum atomic E-state index is -0.800. The van der Waals surface area contributed by atoms with Gasteiger partial charge in [0.15, 0.2) is 0 Å². The Balaban J connectivity index is 2.74. The summed E-state index contributed by atoms with van der Waals surface area (Å²) in [7, 11) is 0. The van der Waals surface area contributed by atoms with Crippen molar-refractivity contribution in [2.24, 2.45) is 0 Å². The van der Waals surface area contributed by atoms with Gasteiger partial charge in [-0.25, -0.2) is 0 Å². The molecule has 1 atom stereocenters. The van der Waals surface area contributed by atoms with Crippen LogP contribution in [0.15, 0.2) is 24.3 Å². The van der Waals surface area contributed by atoms with Gasteiger partial charge in [0, 0.05) is 12.2 Å². The first-order chi connectivity index (χ1) is 7.54. The highest BCUT2D eigenvalue weighted by Gasteiger charge is 2.18. The Morgan fingerprint density at radius 1 is 1.56 bits per heavy atom. The van der Waals surface area contributed by atoms with Gasteiger partial charge >= 0.3 is 5.97 Å². The molecule has 3 N–H and O–H groups in total. The summed E-state index contributed by atoms with van der Waals surface area (Å²) < 4.78 is 0. The van der Waals surface area contributed by atoms with Gasteiger partial charge in [-0.3, -0.25) is 9.69 Å². The number of nitrogen functional groups attached to an aromatic ring is 1. The van der Waals surface area contributed by atoms with Crippen molar-refractivity contribution in [2.75, 3.05) is 12.3 Å². The standard InChI is InChI=1S/C12H18N2O2/c1-3-14(9(2)12(15)16)8-10-5-4-6-11(13)7-10/h4-7,9H,3,8,13H2,1-2H3,(H,15,16). The van der Waals surface area contributed by atoms with E-state index in [0.717, 1.165) is 5.56 Å². The number of hydrogen-bond acceptors (Lipinski definition) is 3. The molecule has 1 aromatic rings. The average molecular weight is 222 g/mol. The van der Waals surface area contributed by atoms with Crippen molar-refractivity contribution in [2.45, 2.75) is 26.4 Å². The van der Waals surface area contributed by atoms with E-state index in [1.54, 1.807) is 6.92 Å². The molecule has 88 valence electrons. The topological polar surface area (TPSA) is 66.6 Å². The van der Waals surface area contributed by atoms with Gasteiger partial charge in [-0.05, 0) is 31.2 Å². The predicted molar refractivity (Wildman–Crippen MR) is 64.0 cm³/mol. The maximum absolute atomic E-state index is 10.9. The maximum Gasteiger partial charge on any atom is 0.320 e. The third-order valence-electron chi connectivity index (χ3n) is 2.65. The first-order valence-corrected chi connectivity index (χ1v) is 5.36. The molecule has 1 aromatic carbocycles. The number of nitrogens with two attached hydrogens (primary N) is 1. The summed E-state index contributed by atoms with van der Waals surface area (Å²) >= 11 is 0. The first kappa shape index (κ1) is 12.5. The molecule has 1 unspecified atom stereocenters. The number of aliphatic carboxylic acids is 1. The summed E-state index contributed by atoms with van der Waals surface area (Å²) in [6.45, 7) is 4.95. The summed E-state index contributed by atoms with van der Waals surface area (Å²) in [5.41, 5.74) is 7.42. The summed E-state index contributed by atoms with van der Waals surface area (Å²) in [5.74, 6) is -0.800. The lowest BCUT2D eigenvalue weighted by Crippen LogP contribution is -2.38. The van der Waals surface area contributed by atoms with Crippen LogP contribution in [0.3, 0.4) is 0 Å². The van der Waals surface area contributed by atoms with Crippen LogP contribution in [0.2, 0.25) is 0 Å². The lowest BCUT2D eigenvalue weighted by molar-refractivity contribution is -0.142. The number of benzene rings is 1. The molecule has 0 aliphatic rings. The number of nitrogens with zero attached hydrogens (tertiary/aromatic N) is 1. The predicted octanol–water partition coefficient (Wildman–Crippen LogP) is 1.56. The molecule has 0 spiro atoms. The van der Waals surface area contributed by atoms with Crippen molar-refractivity contribution in [3.8, 4) is 0 Å². The molecule has 0 saturated heterocycles. The Morgan fingerprint density at radius 2 is 2.25 bits per heavy atom. The van der Waals surface area contributed by atoms with Crippen molar-refractivity contribution in [3.05, 3.63) is 29.8 Å². The molecule has 0 saturated carbocycles. The fourth-order valence-corrected chi connectivity index (χ4v) is 1.60. The van der Waals surface area contributed by atoms with Crippen LogP contribution < -0.4 is 5.73 Å². The molecular weight excluding hydrogens is 204 g/mol. The summed E-state index contributed by atoms with van der Waals surface area (Å²) in [6.07, 6.45) is 0. The van der Waals surface area contributed by atoms with E-state index in [1.807, 2.05) is 36.1 Å². The molecule has 4 heteroatoms. The number of hydrogen-bond donors (Lipinski definition) is 2. The Labute approximate surface area is 95.7 Å². The fourth-order valence-electron chi connectivity index (χ4n) is 1.60. The van der Waals surface area contributed by atoms with Crippen LogP contribution in [0, 0.1) is 0 Å². The number of rotatable bonds is 5. The highest BCUT2D eigenvalue weighted by atomic mass is 16.4. The van der Waals surface area contributed by atoms with E-state index in [0.29, 0.717) is 18.8 Å². The van der Waals surface area contributed by atoms with Gasteiger partial charge in [-0.2, -0.15) is 0 Å². The van der Waals surface area contributed by atoms with E-state index in [1.165, 1.54) is 0 Å². The van der Waals surface area contributed by atoms with E-state index in [2.05, 4.69) is 0 Å². The number of carboxylic acids is 1. The second-order valence-electron chi connectivity index (χ2n) is 3.82. The molecular formula is C12H18N2O2. The van der Waals surface area contributed by atoms with Crippen LogP contribution in [0.5, 0.6) is 0 Å². The third-order valence-corrected chi connectivity index (χ3v) is 2.65. The molecule has 0 fully saturated rings. The second-order valence-corrected chi connectivity index (χ2v) is 3.82. The molecule has 1 rings (SSSR count). The number of likely N-dealkylation sites (N-methyl/N-ethyl adjacent to an activating group) is 1. The zero-order valence-electron chi connectivity index (χ0n) is 9.68. The smallest absolute Gasteiger partial charge is 0.320 e. The van der Waals surface area contributed by atoms with E-state index < -0.39 is 12.0 Å². The van der Waals surface area contributed by atoms with Crippen LogP contribution in [-0.4, -0.2) is 28.6 Å². The molecule has 0 bridgehead atoms. The van der Waals surface area contributed by atoms with Gasteiger partial charge in [-0.1, -0.05) is 19.1 Å². The Morgan fingerprint density at radius 3 is 2.75 bits per heavy atom. The van der Waals surface area contributed by atoms with Crippen molar-refractivity contribution in [1.82, 2.24) is 4.90 Å². The minimum absolute atomic E-state index is 0.480. The lowest BCUT2D eigenvalue weighted by atomic mass is 10.1. The molecule has 0 amide bonds. The first-order valence-electron chi connectivity index (χ1n) is 5.36. The SMILES string of the molecule is CCN(Cc1cccc(N)c1)C(C)C(=O)O. The van der Waals surface area contributed by atoms with E-state index in [4.69, 9.17) is 10.8 Å². The molecule has 0 heterocycles. The minimum Gasteiger partial charge on any atom is -0.480 e. The normalized spacial score (nSPS) is 12.7. The van der Waals surface area contributed by atoms with Gasteiger partial charge in [0.1, 0.15) is 6.04 Å². The summed E-state index contributed by atoms with van der Waals surface area (Å²) in [4.78, 5) is 12.8. The second kappa shape index (κ2) is 5.51. The molecule has 0 aliphatic carbocycles. The largest absolute Gasteiger partial charge is 0.480 e. The van der Waals surface area contributed by atoms with E-state index >= 15 is 0 Å². The number of carbonyl (C=O) groups is 1. The Hall–Kier alpha value is -1.55. The van der Waals surface area contributed by atoms with Crippen molar-refractivity contribution < 1.29 is 9.90 Å². The van der Waals surface area contributed by atoms with Crippen LogP contribution >= 0.6 is 0 Å². The van der Waals surface area contributed by atoms with E-state index in [-0.39, 0.29) is 0 Å². The molecule has 0 aromatic heterocycles. The summed E-state index contributed by atoms with van der Waals surface area (Å²) in [5, 5.41) is 8.95. The highest BCUT2D eigenvalue weighted by Crippen LogP contribution is 2.11. The molecule has 4 nitrogen and oxygen atoms in total. The van der Waals surface area contributed by atoms with Crippen LogP contribution in [-0.2, 0) is 11.3 Å². The van der Waals surface area contributed by atoms with Crippen LogP contribution in [0.1, 0.15) is 19.4 Å². The number of anilines is 1. The fraction of sp³-hybridized carbons (Fsp3) is 0.417. The summed E-state index contributed by atoms with van der Waals surface area (Å²) in [6, 6.07) is 7.04. The zero-order chi connectivity index (χ0) is 12.1. The van der Waals surface area contributed by atoms with Gasteiger partial charge in [-0.15, -0.1) is 0 Å². The Kier molecular flexibility index (Phi) is 4.31. The van der Waals surface area contributed by atoms with E-state index in [9.17, 15) is 4.79 Å². The van der Waals surface area contributed by atoms with Gasteiger partial charge in [0.05, 0.1) is 0 Å². The van der Waals surface area contributed by atoms with Crippen LogP contribution in [0.4, 0.5) is 5.69 Å². The zero-order valence-corrected chi connectivity index (χ0v) is 9.68. The van der Waals surface area contributed by atoms with Gasteiger partial charge < -0.3 is 10.8 Å². The van der Waals surface area contributed by atoms with Crippen molar-refractivity contribution in [3.63, 3.8) is 0 Å².